The second kappa shape index (κ2) is 5.12. The van der Waals surface area contributed by atoms with Crippen molar-refractivity contribution in [3.05, 3.63) is 58.6 Å². The molecule has 0 bridgehead atoms. The highest BCUT2D eigenvalue weighted by atomic mass is 79.9. The van der Waals surface area contributed by atoms with Crippen molar-refractivity contribution in [1.29, 1.82) is 0 Å². The lowest BCUT2D eigenvalue weighted by atomic mass is 10.2. The minimum absolute atomic E-state index is 0.186. The Bertz CT molecular complexity index is 634. The third-order valence-corrected chi connectivity index (χ3v) is 4.22. The van der Waals surface area contributed by atoms with Gasteiger partial charge in [0.05, 0.1) is 10.6 Å². The van der Waals surface area contributed by atoms with E-state index in [-0.39, 0.29) is 4.90 Å². The maximum Gasteiger partial charge on any atom is 0.282 e. The number of sulfonamides is 1. The van der Waals surface area contributed by atoms with Crippen LogP contribution in [0.25, 0.3) is 0 Å². The van der Waals surface area contributed by atoms with Gasteiger partial charge >= 0.3 is 0 Å². The average Bonchev–Trinajstić information content (AvgIpc) is 2.32. The monoisotopic (exact) mass is 324 g/mol. The Morgan fingerprint density at radius 2 is 1.50 bits per heavy atom. The lowest BCUT2D eigenvalue weighted by Crippen LogP contribution is -2.11. The van der Waals surface area contributed by atoms with Gasteiger partial charge in [0.15, 0.2) is 0 Å². The van der Waals surface area contributed by atoms with Gasteiger partial charge in [-0.05, 0) is 43.3 Å². The molecule has 0 atom stereocenters. The third-order valence-electron chi connectivity index (χ3n) is 2.37. The van der Waals surface area contributed by atoms with Crippen LogP contribution >= 0.6 is 15.9 Å². The summed E-state index contributed by atoms with van der Waals surface area (Å²) in [5.74, 6) is 0. The minimum atomic E-state index is -3.64. The Morgan fingerprint density at radius 1 is 0.944 bits per heavy atom. The minimum Gasteiger partial charge on any atom is -0.199 e. The van der Waals surface area contributed by atoms with Crippen LogP contribution in [-0.4, -0.2) is 8.42 Å². The van der Waals surface area contributed by atoms with E-state index in [9.17, 15) is 8.42 Å². The summed E-state index contributed by atoms with van der Waals surface area (Å²) in [7, 11) is -3.64. The smallest absolute Gasteiger partial charge is 0.199 e. The molecule has 3 nitrogen and oxygen atoms in total. The number of hydrogen-bond acceptors (Lipinski definition) is 2. The fourth-order valence-corrected chi connectivity index (χ4v) is 2.65. The van der Waals surface area contributed by atoms with Crippen molar-refractivity contribution >= 4 is 31.6 Å². The summed E-state index contributed by atoms with van der Waals surface area (Å²) in [6.07, 6.45) is 0. The predicted octanol–water partition coefficient (Wildman–Crippen LogP) is 3.38. The molecule has 1 radical (unpaired) electrons. The van der Waals surface area contributed by atoms with Crippen LogP contribution in [0.2, 0.25) is 0 Å². The number of aryl methyl sites for hydroxylation is 1. The van der Waals surface area contributed by atoms with Gasteiger partial charge in [0.25, 0.3) is 10.0 Å². The Morgan fingerprint density at radius 3 is 2.06 bits per heavy atom. The average molecular weight is 325 g/mol. The van der Waals surface area contributed by atoms with Crippen molar-refractivity contribution in [3.63, 3.8) is 0 Å². The molecule has 2 aromatic rings. The lowest BCUT2D eigenvalue weighted by molar-refractivity contribution is 0.590. The van der Waals surface area contributed by atoms with Gasteiger partial charge in [-0.15, -0.1) is 0 Å². The number of nitrogens with zero attached hydrogens (tertiary/aromatic N) is 1. The summed E-state index contributed by atoms with van der Waals surface area (Å²) in [5.41, 5.74) is 1.50. The molecular formula is C13H11BrNO2S. The van der Waals surface area contributed by atoms with Gasteiger partial charge in [0.2, 0.25) is 0 Å². The predicted molar refractivity (Wildman–Crippen MR) is 74.3 cm³/mol. The van der Waals surface area contributed by atoms with E-state index >= 15 is 0 Å². The van der Waals surface area contributed by atoms with Crippen LogP contribution in [0.3, 0.4) is 0 Å². The summed E-state index contributed by atoms with van der Waals surface area (Å²) in [6.45, 7) is 1.94. The molecule has 0 aliphatic heterocycles. The first-order valence-electron chi connectivity index (χ1n) is 5.28. The molecule has 0 amide bonds. The Kier molecular flexibility index (Phi) is 3.73. The molecule has 0 aliphatic carbocycles. The van der Waals surface area contributed by atoms with E-state index < -0.39 is 10.0 Å². The summed E-state index contributed by atoms with van der Waals surface area (Å²) in [5, 5.41) is 0. The first-order chi connectivity index (χ1) is 8.47. The van der Waals surface area contributed by atoms with Crippen molar-refractivity contribution < 1.29 is 8.42 Å². The molecule has 18 heavy (non-hydrogen) atoms. The van der Waals surface area contributed by atoms with Crippen LogP contribution in [0.5, 0.6) is 0 Å². The van der Waals surface area contributed by atoms with Crippen LogP contribution in [0.4, 0.5) is 5.69 Å². The van der Waals surface area contributed by atoms with Gasteiger partial charge in [0, 0.05) is 4.47 Å². The van der Waals surface area contributed by atoms with E-state index in [0.717, 1.165) is 10.0 Å². The number of rotatable bonds is 3. The maximum atomic E-state index is 12.0. The van der Waals surface area contributed by atoms with E-state index in [1.54, 1.807) is 24.3 Å². The highest BCUT2D eigenvalue weighted by Crippen LogP contribution is 2.18. The highest BCUT2D eigenvalue weighted by molar-refractivity contribution is 9.10. The van der Waals surface area contributed by atoms with E-state index in [1.807, 2.05) is 19.1 Å². The van der Waals surface area contributed by atoms with Crippen molar-refractivity contribution in [2.75, 3.05) is 0 Å². The SMILES string of the molecule is Cc1ccc([N]S(=O)(=O)c2ccc(Br)cc2)cc1. The molecule has 0 spiro atoms. The van der Waals surface area contributed by atoms with Crippen LogP contribution in [0.15, 0.2) is 57.9 Å². The Balaban J connectivity index is 2.27. The third kappa shape index (κ3) is 3.11. The molecule has 0 saturated heterocycles. The molecule has 0 fully saturated rings. The summed E-state index contributed by atoms with van der Waals surface area (Å²) in [6, 6.07) is 13.4. The molecule has 0 aliphatic rings. The second-order valence-electron chi connectivity index (χ2n) is 3.86. The Hall–Kier alpha value is -1.33. The molecule has 93 valence electrons. The van der Waals surface area contributed by atoms with E-state index in [0.29, 0.717) is 5.69 Å². The highest BCUT2D eigenvalue weighted by Gasteiger charge is 2.15. The zero-order valence-electron chi connectivity index (χ0n) is 9.67. The largest absolute Gasteiger partial charge is 0.282 e. The van der Waals surface area contributed by atoms with Crippen LogP contribution in [0.1, 0.15) is 5.56 Å². The topological polar surface area (TPSA) is 48.2 Å². The number of hydrogen-bond donors (Lipinski definition) is 0. The molecular weight excluding hydrogens is 314 g/mol. The van der Waals surface area contributed by atoms with E-state index in [2.05, 4.69) is 20.7 Å². The van der Waals surface area contributed by atoms with Gasteiger partial charge in [-0.3, -0.25) is 0 Å². The van der Waals surface area contributed by atoms with Gasteiger partial charge in [-0.1, -0.05) is 33.6 Å². The zero-order chi connectivity index (χ0) is 13.2. The first kappa shape index (κ1) is 13.1. The Labute approximate surface area is 115 Å². The fraction of sp³-hybridized carbons (Fsp3) is 0.0769. The molecule has 0 aromatic heterocycles. The molecule has 0 unspecified atom stereocenters. The van der Waals surface area contributed by atoms with E-state index in [1.165, 1.54) is 12.1 Å². The normalized spacial score (nSPS) is 11.2. The van der Waals surface area contributed by atoms with Crippen molar-refractivity contribution in [2.24, 2.45) is 0 Å². The second-order valence-corrected chi connectivity index (χ2v) is 6.38. The molecule has 0 heterocycles. The van der Waals surface area contributed by atoms with Gasteiger partial charge < -0.3 is 0 Å². The van der Waals surface area contributed by atoms with Crippen LogP contribution < -0.4 is 4.72 Å². The van der Waals surface area contributed by atoms with Gasteiger partial charge in [-0.25, -0.2) is 0 Å². The first-order valence-corrected chi connectivity index (χ1v) is 7.51. The van der Waals surface area contributed by atoms with Gasteiger partial charge in [0.1, 0.15) is 0 Å². The number of benzene rings is 2. The number of halogens is 1. The summed E-state index contributed by atoms with van der Waals surface area (Å²) in [4.78, 5) is 0.186. The summed E-state index contributed by atoms with van der Waals surface area (Å²) >= 11 is 3.26. The summed E-state index contributed by atoms with van der Waals surface area (Å²) < 4.78 is 28.7. The lowest BCUT2D eigenvalue weighted by Gasteiger charge is -2.05. The van der Waals surface area contributed by atoms with Crippen molar-refractivity contribution in [3.8, 4) is 0 Å². The fourth-order valence-electron chi connectivity index (χ4n) is 1.40. The van der Waals surface area contributed by atoms with Crippen molar-refractivity contribution in [1.82, 2.24) is 4.72 Å². The molecule has 2 rings (SSSR count). The van der Waals surface area contributed by atoms with E-state index in [4.69, 9.17) is 0 Å². The zero-order valence-corrected chi connectivity index (χ0v) is 12.1. The maximum absolute atomic E-state index is 12.0. The molecule has 0 saturated carbocycles. The molecule has 5 heteroatoms. The standard InChI is InChI=1S/C13H11BrNO2S/c1-10-2-6-12(7-3-10)15-18(16,17)13-8-4-11(14)5-9-13/h2-9H,1H3. The molecule has 2 aromatic carbocycles. The molecule has 0 N–H and O–H groups in total. The van der Waals surface area contributed by atoms with Crippen molar-refractivity contribution in [2.45, 2.75) is 11.8 Å². The van der Waals surface area contributed by atoms with Crippen LogP contribution in [0, 0.1) is 6.92 Å². The quantitative estimate of drug-likeness (QED) is 0.868. The van der Waals surface area contributed by atoms with Gasteiger partial charge in [-0.2, -0.15) is 13.1 Å². The van der Waals surface area contributed by atoms with Crippen LogP contribution in [-0.2, 0) is 10.0 Å².